The van der Waals surface area contributed by atoms with Crippen LogP contribution in [0.4, 0.5) is 0 Å². The lowest BCUT2D eigenvalue weighted by Gasteiger charge is -2.39. The van der Waals surface area contributed by atoms with Crippen LogP contribution in [0, 0.1) is 187 Å². The summed E-state index contributed by atoms with van der Waals surface area (Å²) in [7, 11) is -7.10. The van der Waals surface area contributed by atoms with E-state index in [0.717, 1.165) is 97.9 Å². The van der Waals surface area contributed by atoms with Crippen LogP contribution in [0.15, 0.2) is 109 Å². The van der Waals surface area contributed by atoms with Crippen LogP contribution < -0.4 is 46.7 Å². The summed E-state index contributed by atoms with van der Waals surface area (Å²) >= 11 is 92.5. The van der Waals surface area contributed by atoms with Crippen LogP contribution >= 0.6 is 133 Å². The minimum Gasteiger partial charge on any atom is -0.144 e. The summed E-state index contributed by atoms with van der Waals surface area (Å²) < 4.78 is 0. The van der Waals surface area contributed by atoms with Crippen molar-refractivity contribution in [3.8, 4) is 0 Å². The van der Waals surface area contributed by atoms with E-state index in [9.17, 15) is 0 Å². The van der Waals surface area contributed by atoms with Gasteiger partial charge in [0.05, 0.1) is 0 Å². The van der Waals surface area contributed by atoms with Gasteiger partial charge in [0.15, 0.2) is 0 Å². The third kappa shape index (κ3) is 18.2. The molecule has 0 aliphatic carbocycles. The molecule has 0 aliphatic heterocycles. The number of aryl methyl sites for hydroxylation is 27. The Morgan fingerprint density at radius 3 is 0.314 bits per heavy atom. The van der Waals surface area contributed by atoms with Gasteiger partial charge in [-0.3, -0.25) is 0 Å². The standard InChI is InChI=1S/3C27H34Cl4Si3/c3*1-16-10-19(4)25(20(5)11-16)32(33(28,29)26-21(6)12-17(2)13-22(26)7)34(30,31)27-23(8)14-18(3)15-24(27)9/h3*10-15,32H,1-9H3. The monoisotopic (exact) mass is 1750 g/mol. The van der Waals surface area contributed by atoms with Crippen molar-refractivity contribution in [3.05, 3.63) is 259 Å². The highest BCUT2D eigenvalue weighted by molar-refractivity contribution is 8.01. The molecular weight excluding hydrogens is 1650 g/mol. The zero-order valence-corrected chi connectivity index (χ0v) is 83.2. The molecule has 0 saturated heterocycles. The molecule has 0 saturated carbocycles. The smallest absolute Gasteiger partial charge is 0.144 e. The van der Waals surface area contributed by atoms with E-state index in [4.69, 9.17) is 133 Å². The number of hydrogen-bond acceptors (Lipinski definition) is 0. The molecule has 0 fully saturated rings. The van der Waals surface area contributed by atoms with Crippen molar-refractivity contribution < 1.29 is 0 Å². The Kier molecular flexibility index (Phi) is 28.8. The van der Waals surface area contributed by atoms with Gasteiger partial charge >= 0.3 is 0 Å². The highest BCUT2D eigenvalue weighted by Gasteiger charge is 2.62. The Balaban J connectivity index is 0.000000214. The minimum atomic E-state index is -3.14. The maximum atomic E-state index is 7.71. The molecule has 0 radical (unpaired) electrons. The molecule has 9 rings (SSSR count). The third-order valence-corrected chi connectivity index (χ3v) is 135. The Morgan fingerprint density at radius 1 is 0.147 bits per heavy atom. The van der Waals surface area contributed by atoms with E-state index in [1.165, 1.54) is 99.0 Å². The molecule has 0 aliphatic rings. The fourth-order valence-corrected chi connectivity index (χ4v) is 179. The molecule has 102 heavy (non-hydrogen) atoms. The van der Waals surface area contributed by atoms with Gasteiger partial charge in [-0.15, -0.1) is 133 Å². The number of benzene rings is 9. The summed E-state index contributed by atoms with van der Waals surface area (Å²) in [6.07, 6.45) is -18.8. The topological polar surface area (TPSA) is 0 Å². The lowest BCUT2D eigenvalue weighted by Crippen LogP contribution is -2.74. The summed E-state index contributed by atoms with van der Waals surface area (Å²) in [5.41, 5.74) is 31.9. The van der Waals surface area contributed by atoms with Crippen LogP contribution in [0.1, 0.15) is 150 Å². The number of rotatable bonds is 15. The predicted octanol–water partition coefficient (Wildman–Crippen LogP) is 20.1. The molecule has 9 aromatic carbocycles. The Hall–Kier alpha value is -1.59. The highest BCUT2D eigenvalue weighted by atomic mass is 35.7. The van der Waals surface area contributed by atoms with Crippen LogP contribution in [0.2, 0.25) is 0 Å². The second kappa shape index (κ2) is 33.5. The molecule has 9 aromatic rings. The maximum Gasteiger partial charge on any atom is 0.270 e. The SMILES string of the molecule is Cc1cc(C)c([SiH]([Si](Cl)(Cl)c2c(C)cc(C)cc2C)[Si](Cl)(Cl)c2c(C)cc(C)cc2C)c(C)c1.Cc1cc(C)c([SiH]([Si](Cl)(Cl)c2c(C)cc(C)cc2C)[Si](Cl)(Cl)c2c(C)cc(C)cc2C)c(C)c1.Cc1cc(C)c([SiH]([Si](Cl)(Cl)c2c(C)cc(C)cc2C)[Si](Cl)(Cl)c2c(C)cc(C)cc2C)c(C)c1. The lowest BCUT2D eigenvalue weighted by molar-refractivity contribution is 1.35. The number of halogens is 12. The first kappa shape index (κ1) is 87.6. The second-order valence-electron chi connectivity index (χ2n) is 30.1. The molecule has 0 amide bonds. The van der Waals surface area contributed by atoms with E-state index in [1.54, 1.807) is 0 Å². The van der Waals surface area contributed by atoms with Gasteiger partial charge in [-0.25, -0.2) is 0 Å². The van der Waals surface area contributed by atoms with Crippen LogP contribution in [-0.4, -0.2) is 60.8 Å². The molecule has 21 heteroatoms. The first-order valence-electron chi connectivity index (χ1n) is 34.8. The summed E-state index contributed by atoms with van der Waals surface area (Å²) in [6, 6.07) is 39.6. The Bertz CT molecular complexity index is 3850. The molecule has 0 bridgehead atoms. The highest BCUT2D eigenvalue weighted by Crippen LogP contribution is 2.39. The van der Waals surface area contributed by atoms with Crippen molar-refractivity contribution in [2.24, 2.45) is 0 Å². The zero-order chi connectivity index (χ0) is 77.2. The van der Waals surface area contributed by atoms with E-state index in [2.05, 4.69) is 296 Å². The van der Waals surface area contributed by atoms with Crippen molar-refractivity contribution in [1.29, 1.82) is 0 Å². The van der Waals surface area contributed by atoms with Crippen LogP contribution in [0.25, 0.3) is 0 Å². The largest absolute Gasteiger partial charge is 0.270 e. The summed E-state index contributed by atoms with van der Waals surface area (Å²) in [5, 5.41) is 10.3. The van der Waals surface area contributed by atoms with Gasteiger partial charge in [0.1, 0.15) is 23.5 Å². The van der Waals surface area contributed by atoms with Gasteiger partial charge < -0.3 is 0 Å². The van der Waals surface area contributed by atoms with E-state index >= 15 is 0 Å². The first-order chi connectivity index (χ1) is 46.7. The lowest BCUT2D eigenvalue weighted by atomic mass is 10.1. The van der Waals surface area contributed by atoms with E-state index in [1.807, 2.05) is 0 Å². The number of hydrogen-bond donors (Lipinski definition) is 0. The van der Waals surface area contributed by atoms with Crippen molar-refractivity contribution >= 4 is 240 Å². The molecule has 0 unspecified atom stereocenters. The fraction of sp³-hybridized carbons (Fsp3) is 0.333. The van der Waals surface area contributed by atoms with Gasteiger partial charge in [0.2, 0.25) is 0 Å². The Labute approximate surface area is 679 Å². The van der Waals surface area contributed by atoms with Crippen molar-refractivity contribution in [3.63, 3.8) is 0 Å². The molecule has 0 nitrogen and oxygen atoms in total. The van der Waals surface area contributed by atoms with Gasteiger partial charge in [-0.2, -0.15) is 0 Å². The summed E-state index contributed by atoms with van der Waals surface area (Å²) in [4.78, 5) is 0. The van der Waals surface area contributed by atoms with Crippen molar-refractivity contribution in [2.45, 2.75) is 187 Å². The van der Waals surface area contributed by atoms with Crippen molar-refractivity contribution in [1.82, 2.24) is 0 Å². The van der Waals surface area contributed by atoms with Crippen LogP contribution in [0.5, 0.6) is 0 Å². The molecule has 0 atom stereocenters. The molecule has 0 heterocycles. The van der Waals surface area contributed by atoms with E-state index < -0.39 is 60.8 Å². The van der Waals surface area contributed by atoms with Gasteiger partial charge in [-0.1, -0.05) is 208 Å². The first-order valence-corrected chi connectivity index (χ1v) is 71.5. The van der Waals surface area contributed by atoms with Crippen molar-refractivity contribution in [2.75, 3.05) is 0 Å². The molecular formula is C81H102Cl12Si9. The summed E-state index contributed by atoms with van der Waals surface area (Å²) in [6.45, 7) is 57.5. The van der Waals surface area contributed by atoms with Gasteiger partial charge in [-0.05, 0) is 285 Å². The normalized spacial score (nSPS) is 12.5. The minimum absolute atomic E-state index is 1.10. The van der Waals surface area contributed by atoms with E-state index in [0.29, 0.717) is 0 Å². The average molecular weight is 1750 g/mol. The maximum absolute atomic E-state index is 7.71. The zero-order valence-electron chi connectivity index (χ0n) is 64.7. The molecule has 546 valence electrons. The Morgan fingerprint density at radius 2 is 0.225 bits per heavy atom. The fourth-order valence-electron chi connectivity index (χ4n) is 17.8. The second-order valence-corrected chi connectivity index (χ2v) is 114. The van der Waals surface area contributed by atoms with Crippen LogP contribution in [0.3, 0.4) is 0 Å². The quantitative estimate of drug-likeness (QED) is 0.0709. The van der Waals surface area contributed by atoms with Gasteiger partial charge in [0, 0.05) is 0 Å². The predicted molar refractivity (Wildman–Crippen MR) is 489 cm³/mol. The molecule has 0 N–H and O–H groups in total. The van der Waals surface area contributed by atoms with Crippen LogP contribution in [-0.2, 0) is 0 Å². The molecule has 0 aromatic heterocycles. The third-order valence-electron chi connectivity index (χ3n) is 20.3. The van der Waals surface area contributed by atoms with Gasteiger partial charge in [0.25, 0.3) is 37.3 Å². The summed E-state index contributed by atoms with van der Waals surface area (Å²) in [5.74, 6) is 0. The van der Waals surface area contributed by atoms with E-state index in [-0.39, 0.29) is 0 Å². The molecule has 0 spiro atoms. The average Bonchev–Trinajstić information content (AvgIpc) is 0.737.